The fraction of sp³-hybridized carbons (Fsp3) is 0.636. The maximum Gasteiger partial charge on any atom is 0.329 e. The second kappa shape index (κ2) is 5.79. The van der Waals surface area contributed by atoms with E-state index in [0.717, 1.165) is 19.5 Å². The zero-order valence-electron chi connectivity index (χ0n) is 10.9. The highest BCUT2D eigenvalue weighted by molar-refractivity contribution is 5.58. The first-order chi connectivity index (χ1) is 9.15. The van der Waals surface area contributed by atoms with Crippen LogP contribution in [0.25, 0.3) is 0 Å². The Kier molecular flexibility index (Phi) is 4.10. The Labute approximate surface area is 111 Å². The molecular weight excluding hydrogens is 248 g/mol. The van der Waals surface area contributed by atoms with Gasteiger partial charge in [-0.2, -0.15) is 4.98 Å². The summed E-state index contributed by atoms with van der Waals surface area (Å²) in [6, 6.07) is 0. The van der Waals surface area contributed by atoms with E-state index in [4.69, 9.17) is 5.84 Å². The maximum absolute atomic E-state index is 11.1. The van der Waals surface area contributed by atoms with Crippen LogP contribution in [0.15, 0.2) is 6.20 Å². The van der Waals surface area contributed by atoms with Crippen molar-refractivity contribution in [3.8, 4) is 0 Å². The summed E-state index contributed by atoms with van der Waals surface area (Å²) in [5.41, 5.74) is 2.25. The maximum atomic E-state index is 11.1. The molecule has 8 nitrogen and oxygen atoms in total. The van der Waals surface area contributed by atoms with Crippen molar-refractivity contribution in [2.24, 2.45) is 11.8 Å². The first-order valence-corrected chi connectivity index (χ1v) is 6.38. The SMILES string of the molecule is CCCN(CC1CC1)c1nc(NN)ncc1[N+](=O)[O-]. The average Bonchev–Trinajstić information content (AvgIpc) is 3.21. The van der Waals surface area contributed by atoms with Crippen molar-refractivity contribution in [3.05, 3.63) is 16.3 Å². The molecule has 1 heterocycles. The molecule has 1 saturated carbocycles. The minimum atomic E-state index is -0.453. The van der Waals surface area contributed by atoms with Gasteiger partial charge in [-0.3, -0.25) is 15.5 Å². The van der Waals surface area contributed by atoms with Crippen LogP contribution in [0.4, 0.5) is 17.5 Å². The fourth-order valence-electron chi connectivity index (χ4n) is 1.96. The Morgan fingerprint density at radius 2 is 2.37 bits per heavy atom. The third-order valence-corrected chi connectivity index (χ3v) is 3.04. The van der Waals surface area contributed by atoms with Crippen molar-refractivity contribution in [1.29, 1.82) is 0 Å². The van der Waals surface area contributed by atoms with Gasteiger partial charge in [-0.15, -0.1) is 0 Å². The molecule has 104 valence electrons. The number of aromatic nitrogens is 2. The van der Waals surface area contributed by atoms with Gasteiger partial charge in [-0.05, 0) is 25.2 Å². The van der Waals surface area contributed by atoms with Gasteiger partial charge in [-0.25, -0.2) is 10.8 Å². The molecule has 1 aliphatic rings. The molecule has 0 aliphatic heterocycles. The molecule has 1 aromatic heterocycles. The zero-order chi connectivity index (χ0) is 13.8. The van der Waals surface area contributed by atoms with Crippen LogP contribution in [0.1, 0.15) is 26.2 Å². The van der Waals surface area contributed by atoms with Crippen LogP contribution in [0.5, 0.6) is 0 Å². The smallest absolute Gasteiger partial charge is 0.329 e. The standard InChI is InChI=1S/C11H18N6O2/c1-2-5-16(7-8-3-4-8)10-9(17(18)19)6-13-11(14-10)15-12/h6,8H,2-5,7,12H2,1H3,(H,13,14,15). The van der Waals surface area contributed by atoms with Crippen molar-refractivity contribution < 1.29 is 4.92 Å². The van der Waals surface area contributed by atoms with E-state index >= 15 is 0 Å². The largest absolute Gasteiger partial charge is 0.350 e. The number of nitrogens with one attached hydrogen (secondary N) is 1. The van der Waals surface area contributed by atoms with E-state index in [0.29, 0.717) is 11.7 Å². The molecule has 0 atom stereocenters. The Bertz CT molecular complexity index is 462. The Balaban J connectivity index is 2.32. The van der Waals surface area contributed by atoms with Crippen LogP contribution in [0.2, 0.25) is 0 Å². The van der Waals surface area contributed by atoms with Gasteiger partial charge in [-0.1, -0.05) is 6.92 Å². The molecule has 0 aromatic carbocycles. The lowest BCUT2D eigenvalue weighted by Gasteiger charge is -2.22. The Hall–Kier alpha value is -1.96. The van der Waals surface area contributed by atoms with Gasteiger partial charge >= 0.3 is 5.69 Å². The molecule has 0 amide bonds. The third kappa shape index (κ3) is 3.28. The number of nitrogens with two attached hydrogens (primary N) is 1. The molecule has 2 rings (SSSR count). The number of nitro groups is 1. The lowest BCUT2D eigenvalue weighted by molar-refractivity contribution is -0.384. The summed E-state index contributed by atoms with van der Waals surface area (Å²) in [6.45, 7) is 3.57. The summed E-state index contributed by atoms with van der Waals surface area (Å²) in [5.74, 6) is 6.43. The summed E-state index contributed by atoms with van der Waals surface area (Å²) in [7, 11) is 0. The summed E-state index contributed by atoms with van der Waals surface area (Å²) in [4.78, 5) is 20.5. The van der Waals surface area contributed by atoms with Gasteiger partial charge in [0.2, 0.25) is 11.8 Å². The summed E-state index contributed by atoms with van der Waals surface area (Å²) in [5, 5.41) is 11.1. The molecule has 0 bridgehead atoms. The number of hydrogen-bond donors (Lipinski definition) is 2. The third-order valence-electron chi connectivity index (χ3n) is 3.04. The first kappa shape index (κ1) is 13.5. The van der Waals surface area contributed by atoms with Crippen LogP contribution in [-0.2, 0) is 0 Å². The van der Waals surface area contributed by atoms with E-state index in [1.165, 1.54) is 19.0 Å². The van der Waals surface area contributed by atoms with Gasteiger partial charge in [0.15, 0.2) is 0 Å². The highest BCUT2D eigenvalue weighted by Gasteiger charge is 2.29. The minimum Gasteiger partial charge on any atom is -0.350 e. The molecule has 1 fully saturated rings. The fourth-order valence-corrected chi connectivity index (χ4v) is 1.96. The van der Waals surface area contributed by atoms with E-state index in [1.807, 2.05) is 11.8 Å². The van der Waals surface area contributed by atoms with Crippen molar-refractivity contribution in [3.63, 3.8) is 0 Å². The summed E-state index contributed by atoms with van der Waals surface area (Å²) in [6.07, 6.45) is 4.47. The van der Waals surface area contributed by atoms with E-state index in [-0.39, 0.29) is 11.6 Å². The van der Waals surface area contributed by atoms with Crippen LogP contribution >= 0.6 is 0 Å². The van der Waals surface area contributed by atoms with Crippen molar-refractivity contribution in [2.45, 2.75) is 26.2 Å². The molecule has 3 N–H and O–H groups in total. The van der Waals surface area contributed by atoms with Crippen molar-refractivity contribution in [1.82, 2.24) is 9.97 Å². The second-order valence-electron chi connectivity index (χ2n) is 4.69. The number of hydrogen-bond acceptors (Lipinski definition) is 7. The molecular formula is C11H18N6O2. The monoisotopic (exact) mass is 266 g/mol. The van der Waals surface area contributed by atoms with Gasteiger partial charge in [0.25, 0.3) is 0 Å². The molecule has 0 spiro atoms. The molecule has 0 unspecified atom stereocenters. The molecule has 1 aliphatic carbocycles. The van der Waals surface area contributed by atoms with Gasteiger partial charge in [0, 0.05) is 13.1 Å². The quantitative estimate of drug-likeness (QED) is 0.434. The number of anilines is 2. The molecule has 0 radical (unpaired) electrons. The van der Waals surface area contributed by atoms with Gasteiger partial charge < -0.3 is 4.90 Å². The number of rotatable bonds is 7. The number of hydrazine groups is 1. The lowest BCUT2D eigenvalue weighted by atomic mass is 10.3. The van der Waals surface area contributed by atoms with E-state index in [2.05, 4.69) is 15.4 Å². The number of nitrogens with zero attached hydrogens (tertiary/aromatic N) is 4. The Morgan fingerprint density at radius 3 is 2.89 bits per heavy atom. The van der Waals surface area contributed by atoms with E-state index in [9.17, 15) is 10.1 Å². The van der Waals surface area contributed by atoms with Crippen LogP contribution in [0.3, 0.4) is 0 Å². The lowest BCUT2D eigenvalue weighted by Crippen LogP contribution is -2.29. The topological polar surface area (TPSA) is 110 Å². The predicted octanol–water partition coefficient (Wildman–Crippen LogP) is 1.30. The zero-order valence-corrected chi connectivity index (χ0v) is 10.9. The molecule has 0 saturated heterocycles. The molecule has 8 heteroatoms. The number of nitrogen functional groups attached to an aromatic ring is 1. The summed E-state index contributed by atoms with van der Waals surface area (Å²) < 4.78 is 0. The van der Waals surface area contributed by atoms with E-state index in [1.54, 1.807) is 0 Å². The molecule has 1 aromatic rings. The predicted molar refractivity (Wildman–Crippen MR) is 71.7 cm³/mol. The highest BCUT2D eigenvalue weighted by Crippen LogP contribution is 2.33. The van der Waals surface area contributed by atoms with Gasteiger partial charge in [0.05, 0.1) is 4.92 Å². The highest BCUT2D eigenvalue weighted by atomic mass is 16.6. The van der Waals surface area contributed by atoms with Crippen LogP contribution in [0, 0.1) is 16.0 Å². The Morgan fingerprint density at radius 1 is 1.63 bits per heavy atom. The van der Waals surface area contributed by atoms with Crippen molar-refractivity contribution in [2.75, 3.05) is 23.4 Å². The second-order valence-corrected chi connectivity index (χ2v) is 4.69. The van der Waals surface area contributed by atoms with Crippen molar-refractivity contribution >= 4 is 17.5 Å². The minimum absolute atomic E-state index is 0.0758. The van der Waals surface area contributed by atoms with Crippen LogP contribution in [-0.4, -0.2) is 28.0 Å². The average molecular weight is 266 g/mol. The van der Waals surface area contributed by atoms with Crippen LogP contribution < -0.4 is 16.2 Å². The molecule has 19 heavy (non-hydrogen) atoms. The van der Waals surface area contributed by atoms with E-state index < -0.39 is 4.92 Å². The first-order valence-electron chi connectivity index (χ1n) is 6.38. The normalized spacial score (nSPS) is 14.2. The van der Waals surface area contributed by atoms with Gasteiger partial charge in [0.1, 0.15) is 6.20 Å². The summed E-state index contributed by atoms with van der Waals surface area (Å²) >= 11 is 0.